The molecule has 0 aliphatic rings. The molecule has 0 aromatic heterocycles. The van der Waals surface area contributed by atoms with Crippen molar-refractivity contribution in [2.75, 3.05) is 0 Å². The molecule has 0 nitrogen and oxygen atoms in total. The molecule has 0 aliphatic heterocycles. The van der Waals surface area contributed by atoms with Gasteiger partial charge in [0.2, 0.25) is 0 Å². The zero-order valence-electron chi connectivity index (χ0n) is 8.75. The summed E-state index contributed by atoms with van der Waals surface area (Å²) in [6, 6.07) is 1.06. The van der Waals surface area contributed by atoms with Crippen LogP contribution in [-0.4, -0.2) is 7.38 Å². The van der Waals surface area contributed by atoms with Gasteiger partial charge in [-0.3, -0.25) is 0 Å². The van der Waals surface area contributed by atoms with E-state index >= 15 is 0 Å². The molecule has 0 aliphatic carbocycles. The second-order valence-electron chi connectivity index (χ2n) is 3.73. The van der Waals surface area contributed by atoms with Crippen LogP contribution in [0, 0.1) is 0 Å². The van der Waals surface area contributed by atoms with Crippen LogP contribution in [0.1, 0.15) is 13.8 Å². The maximum atomic E-state index is 6.18. The van der Waals surface area contributed by atoms with Gasteiger partial charge in [-0.2, -0.15) is 11.1 Å². The monoisotopic (exact) mass is 271 g/mol. The van der Waals surface area contributed by atoms with E-state index in [-0.39, 0.29) is 0 Å². The van der Waals surface area contributed by atoms with Gasteiger partial charge in [0.1, 0.15) is 0 Å². The Labute approximate surface area is 103 Å². The molecule has 0 saturated heterocycles. The molecule has 0 heterocycles. The van der Waals surface area contributed by atoms with Crippen LogP contribution in [-0.2, 0) is 19.4 Å². The number of rotatable bonds is 3. The molecule has 75 valence electrons. The summed E-state index contributed by atoms with van der Waals surface area (Å²) in [5.74, 6) is 0. The van der Waals surface area contributed by atoms with Crippen LogP contribution in [0.25, 0.3) is 0 Å². The Bertz CT molecular complexity index is 183. The van der Waals surface area contributed by atoms with E-state index in [0.717, 1.165) is 11.6 Å². The Kier molecular flexibility index (Phi) is 10.5. The fraction of sp³-hybridized carbons (Fsp3) is 0.556. The van der Waals surface area contributed by atoms with Gasteiger partial charge in [-0.1, -0.05) is 36.9 Å². The summed E-state index contributed by atoms with van der Waals surface area (Å²) in [5, 5.41) is 0. The fourth-order valence-electron chi connectivity index (χ4n) is 1.13. The first-order valence-corrected chi connectivity index (χ1v) is 10.4. The summed E-state index contributed by atoms with van der Waals surface area (Å²) < 4.78 is 0. The van der Waals surface area contributed by atoms with E-state index in [0.29, 0.717) is 0 Å². The molecule has 0 rings (SSSR count). The van der Waals surface area contributed by atoms with Gasteiger partial charge in [-0.05, 0) is 19.9 Å². The molecule has 0 aromatic rings. The molecule has 0 radical (unpaired) electrons. The third-order valence-corrected chi connectivity index (χ3v) is 2.99. The van der Waals surface area contributed by atoms with Crippen molar-refractivity contribution in [1.82, 2.24) is 0 Å². The molecule has 0 spiro atoms. The van der Waals surface area contributed by atoms with Crippen LogP contribution in [0.2, 0.25) is 19.1 Å². The van der Waals surface area contributed by atoms with Gasteiger partial charge in [0.25, 0.3) is 0 Å². The van der Waals surface area contributed by atoms with Crippen molar-refractivity contribution < 1.29 is 19.4 Å². The molecule has 0 bridgehead atoms. The van der Waals surface area contributed by atoms with E-state index in [2.05, 4.69) is 42.0 Å². The van der Waals surface area contributed by atoms with Gasteiger partial charge in [-0.25, -0.2) is 0 Å². The topological polar surface area (TPSA) is 0 Å². The first-order valence-electron chi connectivity index (χ1n) is 4.02. The second kappa shape index (κ2) is 8.31. The molecule has 0 saturated carbocycles. The molecular formula is C9H17Cl2SiTi. The van der Waals surface area contributed by atoms with Crippen molar-refractivity contribution >= 4 is 27.8 Å². The minimum atomic E-state index is -1.42. The molecule has 0 unspecified atom stereocenters. The van der Waals surface area contributed by atoms with Crippen molar-refractivity contribution in [2.24, 2.45) is 0 Å². The summed E-state index contributed by atoms with van der Waals surface area (Å²) in [4.78, 5) is 0. The van der Waals surface area contributed by atoms with Gasteiger partial charge < -0.3 is 0 Å². The van der Waals surface area contributed by atoms with Crippen molar-refractivity contribution in [3.8, 4) is 0 Å². The van der Waals surface area contributed by atoms with Gasteiger partial charge in [0.15, 0.2) is 7.38 Å². The molecule has 0 atom stereocenters. The summed E-state index contributed by atoms with van der Waals surface area (Å²) in [5.41, 5.74) is 2.46. The van der Waals surface area contributed by atoms with E-state index in [1.165, 1.54) is 24.9 Å². The Balaban J connectivity index is 0. The number of hydrogen-bond acceptors (Lipinski definition) is 0. The Morgan fingerprint density at radius 2 is 1.77 bits per heavy atom. The number of allylic oxidation sites excluding steroid dienone is 3. The normalized spacial score (nSPS) is 11.6. The molecule has 13 heavy (non-hydrogen) atoms. The number of halogens is 2. The molecule has 0 amide bonds. The van der Waals surface area contributed by atoms with Gasteiger partial charge in [-0.15, -0.1) is 0 Å². The number of hydrogen-bond donors (Lipinski definition) is 0. The third kappa shape index (κ3) is 15.7. The van der Waals surface area contributed by atoms with E-state index in [4.69, 9.17) is 11.1 Å². The summed E-state index contributed by atoms with van der Waals surface area (Å²) in [6.07, 6.45) is 2.11. The predicted octanol–water partition coefficient (Wildman–Crippen LogP) is 4.64. The zero-order chi connectivity index (χ0) is 11.1. The van der Waals surface area contributed by atoms with Crippen LogP contribution in [0.5, 0.6) is 0 Å². The first-order chi connectivity index (χ1) is 5.81. The van der Waals surface area contributed by atoms with E-state index < -0.39 is 7.38 Å². The van der Waals surface area contributed by atoms with Crippen molar-refractivity contribution in [1.29, 1.82) is 0 Å². The van der Waals surface area contributed by atoms with Crippen LogP contribution in [0.4, 0.5) is 0 Å². The van der Waals surface area contributed by atoms with Crippen LogP contribution in [0.15, 0.2) is 23.8 Å². The summed E-state index contributed by atoms with van der Waals surface area (Å²) >= 11 is 7.65. The summed E-state index contributed by atoms with van der Waals surface area (Å²) in [7, 11) is 3.21. The van der Waals surface area contributed by atoms with Gasteiger partial charge in [0.05, 0.1) is 0 Å². The van der Waals surface area contributed by atoms with E-state index in [1.807, 2.05) is 6.92 Å². The third-order valence-electron chi connectivity index (χ3n) is 1.19. The van der Waals surface area contributed by atoms with Gasteiger partial charge >= 0.3 is 28.7 Å². The molecular weight excluding hydrogens is 255 g/mol. The van der Waals surface area contributed by atoms with Crippen molar-refractivity contribution in [3.63, 3.8) is 0 Å². The van der Waals surface area contributed by atoms with Crippen molar-refractivity contribution in [2.45, 2.75) is 33.0 Å². The molecule has 0 N–H and O–H groups in total. The average molecular weight is 272 g/mol. The fourth-order valence-corrected chi connectivity index (χ4v) is 3.20. The standard InChI is InChI=1S/C9H17ClSi.ClH.Ti/c1-8(2)6-9(3)7-11(4,5)10;;/h6H,1,7H2,2-5H3;1H;/q;;+1/p-1. The van der Waals surface area contributed by atoms with E-state index in [9.17, 15) is 0 Å². The molecule has 0 fully saturated rings. The predicted molar refractivity (Wildman–Crippen MR) is 62.6 cm³/mol. The van der Waals surface area contributed by atoms with E-state index in [1.54, 1.807) is 0 Å². The Hall–Kier alpha value is 0.991. The van der Waals surface area contributed by atoms with Crippen LogP contribution >= 0.6 is 20.4 Å². The Morgan fingerprint density at radius 1 is 1.38 bits per heavy atom. The van der Waals surface area contributed by atoms with Gasteiger partial charge in [0, 0.05) is 0 Å². The average Bonchev–Trinajstić information content (AvgIpc) is 1.85. The van der Waals surface area contributed by atoms with Crippen LogP contribution < -0.4 is 0 Å². The maximum absolute atomic E-state index is 6.18. The summed E-state index contributed by atoms with van der Waals surface area (Å²) in [6.45, 7) is 12.3. The SMILES string of the molecule is C=C(C)C=C(C)C[Si](C)(C)Cl.[Cl][Ti]. The minimum absolute atomic E-state index is 1.06. The Morgan fingerprint density at radius 3 is 2.00 bits per heavy atom. The zero-order valence-corrected chi connectivity index (χ0v) is 12.8. The first kappa shape index (κ1) is 16.4. The van der Waals surface area contributed by atoms with Crippen molar-refractivity contribution in [3.05, 3.63) is 23.8 Å². The second-order valence-corrected chi connectivity index (χ2v) is 10.6. The van der Waals surface area contributed by atoms with Crippen LogP contribution in [0.3, 0.4) is 0 Å². The quantitative estimate of drug-likeness (QED) is 0.399. The molecule has 4 heteroatoms. The molecule has 0 aromatic carbocycles.